The minimum atomic E-state index is -0.914. The fourth-order valence-corrected chi connectivity index (χ4v) is 2.64. The fourth-order valence-electron chi connectivity index (χ4n) is 2.64. The van der Waals surface area contributed by atoms with Crippen LogP contribution in [0.3, 0.4) is 0 Å². The summed E-state index contributed by atoms with van der Waals surface area (Å²) in [5.41, 5.74) is 3.35. The molecule has 0 saturated heterocycles. The topological polar surface area (TPSA) is 12.0 Å². The van der Waals surface area contributed by atoms with Gasteiger partial charge in [-0.15, -0.1) is 0 Å². The minimum absolute atomic E-state index is 0.285. The minimum Gasteiger partial charge on any atom is -0.376 e. The van der Waals surface area contributed by atoms with Crippen molar-refractivity contribution in [2.24, 2.45) is 0 Å². The first-order valence-corrected chi connectivity index (χ1v) is 6.62. The Labute approximate surface area is 115 Å². The number of anilines is 1. The van der Waals surface area contributed by atoms with E-state index in [1.807, 2.05) is 6.07 Å². The third-order valence-electron chi connectivity index (χ3n) is 3.64. The molecule has 104 valence electrons. The Morgan fingerprint density at radius 1 is 0.900 bits per heavy atom. The van der Waals surface area contributed by atoms with Crippen LogP contribution < -0.4 is 5.32 Å². The largest absolute Gasteiger partial charge is 0.376 e. The summed E-state index contributed by atoms with van der Waals surface area (Å²) in [6.07, 6.45) is 3.32. The van der Waals surface area contributed by atoms with Crippen molar-refractivity contribution in [3.8, 4) is 0 Å². The van der Waals surface area contributed by atoms with Gasteiger partial charge in [0.05, 0.1) is 0 Å². The third-order valence-corrected chi connectivity index (χ3v) is 3.64. The average molecular weight is 277 g/mol. The van der Waals surface area contributed by atoms with Gasteiger partial charge in [0.1, 0.15) is 11.5 Å². The van der Waals surface area contributed by atoms with Crippen molar-refractivity contribution in [1.29, 1.82) is 0 Å². The van der Waals surface area contributed by atoms with Gasteiger partial charge in [-0.3, -0.25) is 0 Å². The van der Waals surface area contributed by atoms with E-state index in [-0.39, 0.29) is 5.69 Å². The Kier molecular flexibility index (Phi) is 3.38. The number of hydrogen-bond donors (Lipinski definition) is 1. The molecule has 0 spiro atoms. The molecule has 0 aliphatic heterocycles. The highest BCUT2D eigenvalue weighted by Gasteiger charge is 2.13. The summed E-state index contributed by atoms with van der Waals surface area (Å²) < 4.78 is 39.8. The molecule has 1 nitrogen and oxygen atoms in total. The first-order valence-electron chi connectivity index (χ1n) is 6.62. The van der Waals surface area contributed by atoms with Crippen LogP contribution >= 0.6 is 0 Å². The number of benzene rings is 2. The molecule has 1 aliphatic carbocycles. The van der Waals surface area contributed by atoms with Crippen LogP contribution in [0, 0.1) is 17.5 Å². The Hall–Kier alpha value is -1.97. The third kappa shape index (κ3) is 2.50. The summed E-state index contributed by atoms with van der Waals surface area (Å²) in [5.74, 6) is -2.74. The lowest BCUT2D eigenvalue weighted by Gasteiger charge is -2.10. The van der Waals surface area contributed by atoms with Crippen LogP contribution in [-0.2, 0) is 19.4 Å². The summed E-state index contributed by atoms with van der Waals surface area (Å²) in [7, 11) is 0. The quantitative estimate of drug-likeness (QED) is 0.886. The second-order valence-corrected chi connectivity index (χ2v) is 5.05. The predicted octanol–water partition coefficient (Wildman–Crippen LogP) is 4.20. The van der Waals surface area contributed by atoms with Crippen LogP contribution in [0.2, 0.25) is 0 Å². The molecule has 1 aliphatic rings. The molecule has 0 bridgehead atoms. The maximum atomic E-state index is 13.5. The summed E-state index contributed by atoms with van der Waals surface area (Å²) in [4.78, 5) is 0. The fraction of sp³-hybridized carbons (Fsp3) is 0.250. The maximum Gasteiger partial charge on any atom is 0.152 e. The van der Waals surface area contributed by atoms with E-state index in [2.05, 4.69) is 17.4 Å². The number of hydrogen-bond acceptors (Lipinski definition) is 1. The van der Waals surface area contributed by atoms with Crippen molar-refractivity contribution in [3.63, 3.8) is 0 Å². The molecule has 0 radical (unpaired) electrons. The molecule has 4 heteroatoms. The second kappa shape index (κ2) is 5.19. The number of aryl methyl sites for hydroxylation is 2. The molecule has 3 rings (SSSR count). The van der Waals surface area contributed by atoms with Gasteiger partial charge < -0.3 is 5.32 Å². The monoisotopic (exact) mass is 277 g/mol. The molecular weight excluding hydrogens is 263 g/mol. The van der Waals surface area contributed by atoms with Gasteiger partial charge in [-0.1, -0.05) is 18.2 Å². The highest BCUT2D eigenvalue weighted by atomic mass is 19.1. The van der Waals surface area contributed by atoms with Crippen molar-refractivity contribution in [1.82, 2.24) is 0 Å². The zero-order valence-corrected chi connectivity index (χ0v) is 10.8. The van der Waals surface area contributed by atoms with E-state index in [1.165, 1.54) is 11.1 Å². The molecule has 20 heavy (non-hydrogen) atoms. The van der Waals surface area contributed by atoms with E-state index in [4.69, 9.17) is 0 Å². The van der Waals surface area contributed by atoms with Crippen LogP contribution in [-0.4, -0.2) is 0 Å². The summed E-state index contributed by atoms with van der Waals surface area (Å²) in [6.45, 7) is 0.312. The lowest BCUT2D eigenvalue weighted by Crippen LogP contribution is -2.05. The number of halogens is 3. The lowest BCUT2D eigenvalue weighted by atomic mass is 10.1. The van der Waals surface area contributed by atoms with Crippen molar-refractivity contribution in [3.05, 3.63) is 64.5 Å². The molecular formula is C16H14F3N. The molecule has 2 aromatic carbocycles. The van der Waals surface area contributed by atoms with Crippen LogP contribution in [0.1, 0.15) is 23.1 Å². The summed E-state index contributed by atoms with van der Waals surface area (Å²) in [5, 5.41) is 2.70. The Morgan fingerprint density at radius 3 is 2.35 bits per heavy atom. The van der Waals surface area contributed by atoms with Crippen LogP contribution in [0.4, 0.5) is 18.9 Å². The van der Waals surface area contributed by atoms with E-state index in [0.29, 0.717) is 18.7 Å². The average Bonchev–Trinajstić information content (AvgIpc) is 2.84. The molecule has 0 heterocycles. The molecule has 0 fully saturated rings. The zero-order valence-electron chi connectivity index (χ0n) is 10.8. The maximum absolute atomic E-state index is 13.5. The highest BCUT2D eigenvalue weighted by Crippen LogP contribution is 2.24. The smallest absolute Gasteiger partial charge is 0.152 e. The Bertz CT molecular complexity index is 629. The van der Waals surface area contributed by atoms with E-state index in [0.717, 1.165) is 24.8 Å². The van der Waals surface area contributed by atoms with E-state index in [9.17, 15) is 13.2 Å². The van der Waals surface area contributed by atoms with Crippen molar-refractivity contribution in [2.75, 3.05) is 5.32 Å². The molecule has 0 amide bonds. The van der Waals surface area contributed by atoms with Gasteiger partial charge in [0.15, 0.2) is 11.6 Å². The van der Waals surface area contributed by atoms with Gasteiger partial charge >= 0.3 is 0 Å². The molecule has 0 atom stereocenters. The molecule has 0 saturated carbocycles. The molecule has 0 aromatic heterocycles. The number of nitrogens with one attached hydrogen (secondary N) is 1. The number of fused-ring (bicyclic) bond motifs is 1. The number of rotatable bonds is 3. The van der Waals surface area contributed by atoms with Crippen LogP contribution in [0.5, 0.6) is 0 Å². The molecule has 0 unspecified atom stereocenters. The first-order chi connectivity index (χ1) is 9.63. The van der Waals surface area contributed by atoms with Crippen molar-refractivity contribution < 1.29 is 13.2 Å². The van der Waals surface area contributed by atoms with Crippen LogP contribution in [0.25, 0.3) is 0 Å². The van der Waals surface area contributed by atoms with Crippen LogP contribution in [0.15, 0.2) is 30.3 Å². The first kappa shape index (κ1) is 13.0. The highest BCUT2D eigenvalue weighted by molar-refractivity contribution is 5.47. The molecule has 2 aromatic rings. The van der Waals surface area contributed by atoms with Gasteiger partial charge in [-0.25, -0.2) is 13.2 Å². The van der Waals surface area contributed by atoms with Crippen molar-refractivity contribution in [2.45, 2.75) is 25.8 Å². The Morgan fingerprint density at radius 2 is 1.60 bits per heavy atom. The van der Waals surface area contributed by atoms with Gasteiger partial charge in [-0.05, 0) is 36.0 Å². The van der Waals surface area contributed by atoms with Crippen molar-refractivity contribution >= 4 is 5.69 Å². The molecule has 1 N–H and O–H groups in total. The van der Waals surface area contributed by atoms with E-state index in [1.54, 1.807) is 0 Å². The SMILES string of the molecule is Fc1cc(F)c(NCc2ccc3c(c2)CCC3)c(F)c1. The van der Waals surface area contributed by atoms with Gasteiger partial charge in [0, 0.05) is 18.7 Å². The summed E-state index contributed by atoms with van der Waals surface area (Å²) >= 11 is 0. The Balaban J connectivity index is 1.77. The summed E-state index contributed by atoms with van der Waals surface area (Å²) in [6, 6.07) is 7.43. The zero-order chi connectivity index (χ0) is 14.1. The van der Waals surface area contributed by atoms with E-state index < -0.39 is 17.5 Å². The normalized spacial score (nSPS) is 13.3. The second-order valence-electron chi connectivity index (χ2n) is 5.05. The van der Waals surface area contributed by atoms with Gasteiger partial charge in [-0.2, -0.15) is 0 Å². The standard InChI is InChI=1S/C16H14F3N/c17-13-7-14(18)16(15(19)8-13)20-9-10-4-5-11-2-1-3-12(11)6-10/h4-8,20H,1-3,9H2. The lowest BCUT2D eigenvalue weighted by molar-refractivity contribution is 0.547. The van der Waals surface area contributed by atoms with E-state index >= 15 is 0 Å². The predicted molar refractivity (Wildman–Crippen MR) is 72.1 cm³/mol. The van der Waals surface area contributed by atoms with Gasteiger partial charge in [0.2, 0.25) is 0 Å². The van der Waals surface area contributed by atoms with Gasteiger partial charge in [0.25, 0.3) is 0 Å².